The third kappa shape index (κ3) is 5.78. The minimum Gasteiger partial charge on any atom is -0.325 e. The Morgan fingerprint density at radius 3 is 2.49 bits per heavy atom. The number of nitrogens with one attached hydrogen (secondary N) is 1. The standard InChI is InChI=1S/C32H30N4O2S/c1-20-15-16-29(21(2)17-20)36-30(19-26-12-7-10-24-9-5-6-14-28(24)26)34-35-32(36)39-23(4)31(38)33-27-13-8-11-25(18-27)22(3)37/h5-18,23H,19H2,1-4H3,(H,33,38). The first-order valence-electron chi connectivity index (χ1n) is 12.9. The van der Waals surface area contributed by atoms with Crippen LogP contribution < -0.4 is 5.32 Å². The Kier molecular flexibility index (Phi) is 7.61. The van der Waals surface area contributed by atoms with Crippen molar-refractivity contribution in [3.05, 3.63) is 113 Å². The molecule has 0 aliphatic heterocycles. The molecule has 0 aliphatic carbocycles. The van der Waals surface area contributed by atoms with E-state index in [2.05, 4.69) is 82.5 Å². The molecular formula is C32H30N4O2S. The topological polar surface area (TPSA) is 76.9 Å². The fourth-order valence-corrected chi connectivity index (χ4v) is 5.56. The molecule has 1 aromatic heterocycles. The summed E-state index contributed by atoms with van der Waals surface area (Å²) in [5.74, 6) is 0.586. The van der Waals surface area contributed by atoms with Gasteiger partial charge in [0.15, 0.2) is 10.9 Å². The third-order valence-corrected chi connectivity index (χ3v) is 7.75. The fraction of sp³-hybridized carbons (Fsp3) is 0.188. The van der Waals surface area contributed by atoms with E-state index >= 15 is 0 Å². The Bertz CT molecular complexity index is 1690. The largest absolute Gasteiger partial charge is 0.325 e. The molecule has 1 heterocycles. The van der Waals surface area contributed by atoms with Crippen LogP contribution in [0.3, 0.4) is 0 Å². The molecular weight excluding hydrogens is 504 g/mol. The Morgan fingerprint density at radius 2 is 1.69 bits per heavy atom. The Morgan fingerprint density at radius 1 is 0.923 bits per heavy atom. The predicted octanol–water partition coefficient (Wildman–Crippen LogP) is 6.95. The normalized spacial score (nSPS) is 11.9. The Balaban J connectivity index is 1.47. The second-order valence-electron chi connectivity index (χ2n) is 9.73. The SMILES string of the molecule is CC(=O)c1cccc(NC(=O)C(C)Sc2nnc(Cc3cccc4ccccc34)n2-c2ccc(C)cc2C)c1. The van der Waals surface area contributed by atoms with Crippen LogP contribution in [0, 0.1) is 13.8 Å². The van der Waals surface area contributed by atoms with Gasteiger partial charge in [0.25, 0.3) is 0 Å². The van der Waals surface area contributed by atoms with Crippen molar-refractivity contribution in [1.82, 2.24) is 14.8 Å². The molecule has 5 rings (SSSR count). The summed E-state index contributed by atoms with van der Waals surface area (Å²) in [7, 11) is 0. The number of aromatic nitrogens is 3. The molecule has 0 saturated carbocycles. The molecule has 4 aromatic carbocycles. The van der Waals surface area contributed by atoms with Crippen LogP contribution in [0.4, 0.5) is 5.69 Å². The molecule has 0 saturated heterocycles. The van der Waals surface area contributed by atoms with Gasteiger partial charge in [0.2, 0.25) is 5.91 Å². The molecule has 5 aromatic rings. The van der Waals surface area contributed by atoms with Gasteiger partial charge in [-0.15, -0.1) is 10.2 Å². The molecule has 196 valence electrons. The number of ketones is 1. The number of rotatable bonds is 8. The van der Waals surface area contributed by atoms with Gasteiger partial charge in [-0.3, -0.25) is 14.2 Å². The number of carbonyl (C=O) groups is 2. The van der Waals surface area contributed by atoms with Crippen molar-refractivity contribution in [2.24, 2.45) is 0 Å². The van der Waals surface area contributed by atoms with Gasteiger partial charge in [0.1, 0.15) is 5.82 Å². The molecule has 0 fully saturated rings. The van der Waals surface area contributed by atoms with Gasteiger partial charge in [-0.1, -0.05) is 84.1 Å². The van der Waals surface area contributed by atoms with Gasteiger partial charge in [-0.05, 0) is 67.8 Å². The maximum absolute atomic E-state index is 13.1. The highest BCUT2D eigenvalue weighted by Crippen LogP contribution is 2.30. The fourth-order valence-electron chi connectivity index (χ4n) is 4.68. The lowest BCUT2D eigenvalue weighted by atomic mass is 10.0. The van der Waals surface area contributed by atoms with Crippen LogP contribution in [-0.2, 0) is 11.2 Å². The Hall–Kier alpha value is -4.23. The number of aryl methyl sites for hydroxylation is 2. The summed E-state index contributed by atoms with van der Waals surface area (Å²) < 4.78 is 2.07. The maximum atomic E-state index is 13.1. The van der Waals surface area contributed by atoms with Crippen LogP contribution in [0.15, 0.2) is 90.1 Å². The lowest BCUT2D eigenvalue weighted by Crippen LogP contribution is -2.23. The number of fused-ring (bicyclic) bond motifs is 1. The smallest absolute Gasteiger partial charge is 0.237 e. The summed E-state index contributed by atoms with van der Waals surface area (Å²) in [5, 5.41) is 14.7. The van der Waals surface area contributed by atoms with E-state index in [0.717, 1.165) is 17.1 Å². The zero-order valence-corrected chi connectivity index (χ0v) is 23.3. The van der Waals surface area contributed by atoms with E-state index in [1.807, 2.05) is 19.1 Å². The lowest BCUT2D eigenvalue weighted by Gasteiger charge is -2.16. The third-order valence-electron chi connectivity index (χ3n) is 6.71. The number of Topliss-reactive ketones (excluding diaryl/α,β-unsaturated/α-hetero) is 1. The van der Waals surface area contributed by atoms with Crippen molar-refractivity contribution in [2.75, 3.05) is 5.32 Å². The second kappa shape index (κ2) is 11.3. The van der Waals surface area contributed by atoms with E-state index in [-0.39, 0.29) is 11.7 Å². The van der Waals surface area contributed by atoms with E-state index in [9.17, 15) is 9.59 Å². The highest BCUT2D eigenvalue weighted by molar-refractivity contribution is 8.00. The van der Waals surface area contributed by atoms with Crippen LogP contribution in [0.25, 0.3) is 16.5 Å². The number of benzene rings is 4. The minimum atomic E-state index is -0.454. The Labute approximate surface area is 232 Å². The van der Waals surface area contributed by atoms with Gasteiger partial charge in [-0.25, -0.2) is 0 Å². The van der Waals surface area contributed by atoms with E-state index in [4.69, 9.17) is 0 Å². The molecule has 1 N–H and O–H groups in total. The average molecular weight is 535 g/mol. The molecule has 7 heteroatoms. The van der Waals surface area contributed by atoms with Gasteiger partial charge in [0, 0.05) is 17.7 Å². The number of nitrogens with zero attached hydrogens (tertiary/aromatic N) is 3. The van der Waals surface area contributed by atoms with Crippen LogP contribution in [0.5, 0.6) is 0 Å². The molecule has 0 radical (unpaired) electrons. The van der Waals surface area contributed by atoms with Crippen LogP contribution in [-0.4, -0.2) is 31.7 Å². The van der Waals surface area contributed by atoms with Gasteiger partial charge in [0.05, 0.1) is 10.9 Å². The predicted molar refractivity (Wildman–Crippen MR) is 158 cm³/mol. The first-order chi connectivity index (χ1) is 18.8. The zero-order chi connectivity index (χ0) is 27.5. The molecule has 1 amide bonds. The number of carbonyl (C=O) groups excluding carboxylic acids is 2. The van der Waals surface area contributed by atoms with Crippen molar-refractivity contribution < 1.29 is 9.59 Å². The molecule has 1 atom stereocenters. The molecule has 39 heavy (non-hydrogen) atoms. The summed E-state index contributed by atoms with van der Waals surface area (Å²) in [6, 6.07) is 27.9. The second-order valence-corrected chi connectivity index (χ2v) is 11.0. The minimum absolute atomic E-state index is 0.0474. The average Bonchev–Trinajstić information content (AvgIpc) is 3.30. The number of anilines is 1. The van der Waals surface area contributed by atoms with Crippen molar-refractivity contribution in [1.29, 1.82) is 0 Å². The van der Waals surface area contributed by atoms with E-state index in [0.29, 0.717) is 22.8 Å². The van der Waals surface area contributed by atoms with Crippen molar-refractivity contribution in [3.63, 3.8) is 0 Å². The number of hydrogen-bond acceptors (Lipinski definition) is 5. The van der Waals surface area contributed by atoms with Crippen LogP contribution in [0.2, 0.25) is 0 Å². The first-order valence-corrected chi connectivity index (χ1v) is 13.7. The summed E-state index contributed by atoms with van der Waals surface area (Å²) in [6.45, 7) is 7.51. The summed E-state index contributed by atoms with van der Waals surface area (Å²) in [5.41, 5.74) is 5.58. The monoisotopic (exact) mass is 534 g/mol. The molecule has 1 unspecified atom stereocenters. The van der Waals surface area contributed by atoms with Gasteiger partial charge >= 0.3 is 0 Å². The molecule has 6 nitrogen and oxygen atoms in total. The zero-order valence-electron chi connectivity index (χ0n) is 22.4. The van der Waals surface area contributed by atoms with E-state index < -0.39 is 5.25 Å². The van der Waals surface area contributed by atoms with E-state index in [1.165, 1.54) is 40.6 Å². The number of thioether (sulfide) groups is 1. The summed E-state index contributed by atoms with van der Waals surface area (Å²) in [4.78, 5) is 24.9. The highest BCUT2D eigenvalue weighted by Gasteiger charge is 2.23. The van der Waals surface area contributed by atoms with E-state index in [1.54, 1.807) is 24.3 Å². The van der Waals surface area contributed by atoms with Crippen molar-refractivity contribution in [2.45, 2.75) is 44.5 Å². The molecule has 0 spiro atoms. The van der Waals surface area contributed by atoms with Crippen molar-refractivity contribution >= 4 is 39.9 Å². The van der Waals surface area contributed by atoms with Gasteiger partial charge in [-0.2, -0.15) is 0 Å². The highest BCUT2D eigenvalue weighted by atomic mass is 32.2. The quantitative estimate of drug-likeness (QED) is 0.172. The lowest BCUT2D eigenvalue weighted by molar-refractivity contribution is -0.115. The summed E-state index contributed by atoms with van der Waals surface area (Å²) >= 11 is 1.36. The molecule has 0 aliphatic rings. The van der Waals surface area contributed by atoms with Crippen LogP contribution in [0.1, 0.15) is 46.7 Å². The number of amides is 1. The van der Waals surface area contributed by atoms with Gasteiger partial charge < -0.3 is 5.32 Å². The summed E-state index contributed by atoms with van der Waals surface area (Å²) in [6.07, 6.45) is 0.598. The first kappa shape index (κ1) is 26.4. The van der Waals surface area contributed by atoms with Crippen molar-refractivity contribution in [3.8, 4) is 5.69 Å². The number of hydrogen-bond donors (Lipinski definition) is 1. The van der Waals surface area contributed by atoms with Crippen LogP contribution >= 0.6 is 11.8 Å². The molecule has 0 bridgehead atoms. The maximum Gasteiger partial charge on any atom is 0.237 e.